The third-order valence-corrected chi connectivity index (χ3v) is 4.98. The standard InChI is InChI=1S/C17H27N3/c1-14-4-3-5-15(2)17(14)13-19-8-10-20(11-9-19)16-6-7-18-12-16/h3-5,16,18H,6-13H2,1-2H3. The molecule has 2 aliphatic heterocycles. The van der Waals surface area contributed by atoms with E-state index in [1.165, 1.54) is 62.4 Å². The third-order valence-electron chi connectivity index (χ3n) is 4.98. The number of hydrogen-bond donors (Lipinski definition) is 1. The molecule has 1 unspecified atom stereocenters. The van der Waals surface area contributed by atoms with Crippen LogP contribution in [-0.4, -0.2) is 55.1 Å². The molecule has 0 aliphatic carbocycles. The maximum Gasteiger partial charge on any atom is 0.0240 e. The molecule has 2 fully saturated rings. The summed E-state index contributed by atoms with van der Waals surface area (Å²) in [4.78, 5) is 5.30. The first kappa shape index (κ1) is 14.1. The van der Waals surface area contributed by atoms with Crippen molar-refractivity contribution in [3.8, 4) is 0 Å². The van der Waals surface area contributed by atoms with Crippen LogP contribution in [0.5, 0.6) is 0 Å². The highest BCUT2D eigenvalue weighted by molar-refractivity contribution is 5.33. The zero-order valence-electron chi connectivity index (χ0n) is 12.9. The molecular formula is C17H27N3. The molecule has 3 nitrogen and oxygen atoms in total. The van der Waals surface area contributed by atoms with E-state index >= 15 is 0 Å². The largest absolute Gasteiger partial charge is 0.315 e. The molecule has 2 saturated heterocycles. The Kier molecular flexibility index (Phi) is 4.39. The van der Waals surface area contributed by atoms with Crippen molar-refractivity contribution in [3.05, 3.63) is 34.9 Å². The topological polar surface area (TPSA) is 18.5 Å². The van der Waals surface area contributed by atoms with Gasteiger partial charge in [0.25, 0.3) is 0 Å². The summed E-state index contributed by atoms with van der Waals surface area (Å²) in [5.41, 5.74) is 4.41. The zero-order valence-corrected chi connectivity index (χ0v) is 12.9. The van der Waals surface area contributed by atoms with Crippen molar-refractivity contribution in [1.82, 2.24) is 15.1 Å². The summed E-state index contributed by atoms with van der Waals surface area (Å²) >= 11 is 0. The summed E-state index contributed by atoms with van der Waals surface area (Å²) in [6, 6.07) is 7.43. The second-order valence-corrected chi connectivity index (χ2v) is 6.33. The van der Waals surface area contributed by atoms with Crippen LogP contribution in [0.4, 0.5) is 0 Å². The van der Waals surface area contributed by atoms with E-state index < -0.39 is 0 Å². The molecule has 1 atom stereocenters. The molecule has 0 aromatic heterocycles. The van der Waals surface area contributed by atoms with Crippen LogP contribution >= 0.6 is 0 Å². The first-order chi connectivity index (χ1) is 9.74. The van der Waals surface area contributed by atoms with E-state index in [0.717, 1.165) is 12.6 Å². The number of benzene rings is 1. The second-order valence-electron chi connectivity index (χ2n) is 6.33. The molecule has 0 spiro atoms. The Balaban J connectivity index is 1.56. The number of nitrogens with zero attached hydrogens (tertiary/aromatic N) is 2. The van der Waals surface area contributed by atoms with E-state index in [9.17, 15) is 0 Å². The Morgan fingerprint density at radius 1 is 1.10 bits per heavy atom. The first-order valence-electron chi connectivity index (χ1n) is 7.96. The monoisotopic (exact) mass is 273 g/mol. The average Bonchev–Trinajstić information content (AvgIpc) is 2.98. The minimum absolute atomic E-state index is 0.789. The molecule has 20 heavy (non-hydrogen) atoms. The van der Waals surface area contributed by atoms with Crippen LogP contribution in [0.1, 0.15) is 23.1 Å². The molecule has 0 amide bonds. The van der Waals surface area contributed by atoms with Gasteiger partial charge in [-0.25, -0.2) is 0 Å². The smallest absolute Gasteiger partial charge is 0.0240 e. The van der Waals surface area contributed by atoms with Crippen molar-refractivity contribution in [1.29, 1.82) is 0 Å². The van der Waals surface area contributed by atoms with E-state index in [4.69, 9.17) is 0 Å². The van der Waals surface area contributed by atoms with Gasteiger partial charge >= 0.3 is 0 Å². The fourth-order valence-electron chi connectivity index (χ4n) is 3.56. The Hall–Kier alpha value is -0.900. The van der Waals surface area contributed by atoms with E-state index in [0.29, 0.717) is 0 Å². The van der Waals surface area contributed by atoms with Gasteiger partial charge in [-0.05, 0) is 43.5 Å². The Morgan fingerprint density at radius 3 is 2.40 bits per heavy atom. The van der Waals surface area contributed by atoms with Gasteiger partial charge in [-0.3, -0.25) is 9.80 Å². The summed E-state index contributed by atoms with van der Waals surface area (Å²) in [6.45, 7) is 12.9. The summed E-state index contributed by atoms with van der Waals surface area (Å²) in [6.07, 6.45) is 1.33. The summed E-state index contributed by atoms with van der Waals surface area (Å²) in [5, 5.41) is 3.48. The number of nitrogens with one attached hydrogen (secondary N) is 1. The maximum absolute atomic E-state index is 3.48. The van der Waals surface area contributed by atoms with Crippen LogP contribution in [0.3, 0.4) is 0 Å². The minimum Gasteiger partial charge on any atom is -0.315 e. The van der Waals surface area contributed by atoms with Crippen molar-refractivity contribution in [2.75, 3.05) is 39.3 Å². The lowest BCUT2D eigenvalue weighted by Crippen LogP contribution is -2.50. The molecule has 2 aliphatic rings. The van der Waals surface area contributed by atoms with Gasteiger partial charge in [0.15, 0.2) is 0 Å². The van der Waals surface area contributed by atoms with Crippen LogP contribution in [0.25, 0.3) is 0 Å². The Morgan fingerprint density at radius 2 is 1.80 bits per heavy atom. The SMILES string of the molecule is Cc1cccc(C)c1CN1CCN(C2CCNC2)CC1. The Bertz CT molecular complexity index is 423. The van der Waals surface area contributed by atoms with Crippen molar-refractivity contribution < 1.29 is 0 Å². The zero-order chi connectivity index (χ0) is 13.9. The van der Waals surface area contributed by atoms with Gasteiger partial charge in [0.05, 0.1) is 0 Å². The van der Waals surface area contributed by atoms with Crippen molar-refractivity contribution in [2.24, 2.45) is 0 Å². The summed E-state index contributed by atoms with van der Waals surface area (Å²) in [7, 11) is 0. The van der Waals surface area contributed by atoms with Gasteiger partial charge in [0.2, 0.25) is 0 Å². The van der Waals surface area contributed by atoms with Gasteiger partial charge in [-0.15, -0.1) is 0 Å². The van der Waals surface area contributed by atoms with E-state index in [1.807, 2.05) is 0 Å². The summed E-state index contributed by atoms with van der Waals surface area (Å²) in [5.74, 6) is 0. The van der Waals surface area contributed by atoms with Gasteiger partial charge < -0.3 is 5.32 Å². The molecule has 0 radical (unpaired) electrons. The van der Waals surface area contributed by atoms with Crippen LogP contribution in [0.15, 0.2) is 18.2 Å². The minimum atomic E-state index is 0.789. The van der Waals surface area contributed by atoms with Crippen molar-refractivity contribution in [2.45, 2.75) is 32.9 Å². The molecule has 1 aromatic rings. The molecule has 3 rings (SSSR count). The van der Waals surface area contributed by atoms with Gasteiger partial charge in [0, 0.05) is 45.3 Å². The molecule has 0 bridgehead atoms. The molecule has 1 N–H and O–H groups in total. The molecular weight excluding hydrogens is 246 g/mol. The van der Waals surface area contributed by atoms with Crippen LogP contribution in [0.2, 0.25) is 0 Å². The molecule has 2 heterocycles. The fraction of sp³-hybridized carbons (Fsp3) is 0.647. The average molecular weight is 273 g/mol. The van der Waals surface area contributed by atoms with E-state index in [2.05, 4.69) is 47.2 Å². The van der Waals surface area contributed by atoms with Gasteiger partial charge in [-0.2, -0.15) is 0 Å². The van der Waals surface area contributed by atoms with E-state index in [-0.39, 0.29) is 0 Å². The third kappa shape index (κ3) is 3.05. The van der Waals surface area contributed by atoms with Crippen LogP contribution < -0.4 is 5.32 Å². The lowest BCUT2D eigenvalue weighted by molar-refractivity contribution is 0.0979. The highest BCUT2D eigenvalue weighted by Gasteiger charge is 2.26. The normalized spacial score (nSPS) is 25.2. The van der Waals surface area contributed by atoms with E-state index in [1.54, 1.807) is 0 Å². The quantitative estimate of drug-likeness (QED) is 0.906. The Labute approximate surface area is 123 Å². The molecule has 3 heteroatoms. The van der Waals surface area contributed by atoms with Crippen molar-refractivity contribution >= 4 is 0 Å². The number of rotatable bonds is 3. The maximum atomic E-state index is 3.48. The number of hydrogen-bond acceptors (Lipinski definition) is 3. The second kappa shape index (κ2) is 6.25. The lowest BCUT2D eigenvalue weighted by atomic mass is 10.0. The predicted molar refractivity (Wildman–Crippen MR) is 84.0 cm³/mol. The highest BCUT2D eigenvalue weighted by atomic mass is 15.3. The van der Waals surface area contributed by atoms with Crippen molar-refractivity contribution in [3.63, 3.8) is 0 Å². The van der Waals surface area contributed by atoms with Crippen LogP contribution in [-0.2, 0) is 6.54 Å². The first-order valence-corrected chi connectivity index (χ1v) is 7.96. The summed E-state index contributed by atoms with van der Waals surface area (Å²) < 4.78 is 0. The molecule has 1 aromatic carbocycles. The highest BCUT2D eigenvalue weighted by Crippen LogP contribution is 2.18. The number of piperazine rings is 1. The lowest BCUT2D eigenvalue weighted by Gasteiger charge is -2.38. The predicted octanol–water partition coefficient (Wildman–Crippen LogP) is 1.78. The molecule has 110 valence electrons. The van der Waals surface area contributed by atoms with Crippen LogP contribution in [0, 0.1) is 13.8 Å². The van der Waals surface area contributed by atoms with Gasteiger partial charge in [-0.1, -0.05) is 18.2 Å². The molecule has 0 saturated carbocycles. The van der Waals surface area contributed by atoms with Gasteiger partial charge in [0.1, 0.15) is 0 Å². The number of aryl methyl sites for hydroxylation is 2. The fourth-order valence-corrected chi connectivity index (χ4v) is 3.56.